The fourth-order valence-corrected chi connectivity index (χ4v) is 1.03. The van der Waals surface area contributed by atoms with Crippen LogP contribution in [-0.4, -0.2) is 16.5 Å². The standard InChI is InChI=1S/C10H13N3O/c1-2-3-4-5-6-11-9-7-10(14)13-8-12-9/h1,7-8H,3-6H2,(H2,11,12,13,14). The highest BCUT2D eigenvalue weighted by Crippen LogP contribution is 1.98. The molecule has 0 bridgehead atoms. The highest BCUT2D eigenvalue weighted by Gasteiger charge is 1.92. The van der Waals surface area contributed by atoms with Crippen molar-refractivity contribution in [3.8, 4) is 12.3 Å². The summed E-state index contributed by atoms with van der Waals surface area (Å²) in [6.45, 7) is 0.790. The minimum Gasteiger partial charge on any atom is -0.370 e. The molecule has 1 rings (SSSR count). The molecule has 0 radical (unpaired) electrons. The zero-order valence-corrected chi connectivity index (χ0v) is 7.92. The molecule has 0 aromatic carbocycles. The molecule has 0 aliphatic carbocycles. The van der Waals surface area contributed by atoms with Gasteiger partial charge in [-0.1, -0.05) is 0 Å². The second-order valence-electron chi connectivity index (χ2n) is 2.88. The van der Waals surface area contributed by atoms with Crippen LogP contribution in [-0.2, 0) is 0 Å². The fraction of sp³-hybridized carbons (Fsp3) is 0.400. The normalized spacial score (nSPS) is 9.36. The second-order valence-corrected chi connectivity index (χ2v) is 2.88. The van der Waals surface area contributed by atoms with Gasteiger partial charge in [-0.25, -0.2) is 4.98 Å². The van der Waals surface area contributed by atoms with Crippen LogP contribution in [0.25, 0.3) is 0 Å². The van der Waals surface area contributed by atoms with Crippen molar-refractivity contribution in [2.45, 2.75) is 19.3 Å². The zero-order valence-electron chi connectivity index (χ0n) is 7.92. The van der Waals surface area contributed by atoms with Crippen molar-refractivity contribution in [1.82, 2.24) is 9.97 Å². The van der Waals surface area contributed by atoms with Crippen molar-refractivity contribution in [1.29, 1.82) is 0 Å². The monoisotopic (exact) mass is 191 g/mol. The van der Waals surface area contributed by atoms with E-state index < -0.39 is 0 Å². The molecule has 0 unspecified atom stereocenters. The van der Waals surface area contributed by atoms with Crippen LogP contribution in [0.1, 0.15) is 19.3 Å². The number of H-pyrrole nitrogens is 1. The lowest BCUT2D eigenvalue weighted by Crippen LogP contribution is -2.09. The highest BCUT2D eigenvalue weighted by molar-refractivity contribution is 5.31. The summed E-state index contributed by atoms with van der Waals surface area (Å²) < 4.78 is 0. The van der Waals surface area contributed by atoms with Gasteiger partial charge in [0.15, 0.2) is 0 Å². The van der Waals surface area contributed by atoms with Crippen LogP contribution in [0.4, 0.5) is 5.82 Å². The van der Waals surface area contributed by atoms with Crippen LogP contribution >= 0.6 is 0 Å². The number of rotatable bonds is 5. The Balaban J connectivity index is 2.25. The first-order valence-corrected chi connectivity index (χ1v) is 4.55. The zero-order chi connectivity index (χ0) is 10.2. The lowest BCUT2D eigenvalue weighted by molar-refractivity contribution is 0.786. The van der Waals surface area contributed by atoms with Crippen molar-refractivity contribution in [3.05, 3.63) is 22.7 Å². The number of hydrogen-bond acceptors (Lipinski definition) is 3. The minimum absolute atomic E-state index is 0.147. The van der Waals surface area contributed by atoms with Gasteiger partial charge < -0.3 is 10.3 Å². The third-order valence-corrected chi connectivity index (χ3v) is 1.73. The average Bonchev–Trinajstić information content (AvgIpc) is 2.18. The predicted molar refractivity (Wildman–Crippen MR) is 56.0 cm³/mol. The number of hydrogen-bond donors (Lipinski definition) is 2. The van der Waals surface area contributed by atoms with Crippen molar-refractivity contribution in [2.75, 3.05) is 11.9 Å². The molecule has 0 fully saturated rings. The minimum atomic E-state index is -0.147. The summed E-state index contributed by atoms with van der Waals surface area (Å²) in [6.07, 6.45) is 9.27. The van der Waals surface area contributed by atoms with Gasteiger partial charge in [0.1, 0.15) is 5.82 Å². The molecule has 0 saturated heterocycles. The maximum Gasteiger partial charge on any atom is 0.252 e. The molecule has 0 aliphatic heterocycles. The summed E-state index contributed by atoms with van der Waals surface area (Å²) >= 11 is 0. The fourth-order valence-electron chi connectivity index (χ4n) is 1.03. The topological polar surface area (TPSA) is 57.8 Å². The third-order valence-electron chi connectivity index (χ3n) is 1.73. The molecular formula is C10H13N3O. The Kier molecular flexibility index (Phi) is 4.29. The van der Waals surface area contributed by atoms with Gasteiger partial charge >= 0.3 is 0 Å². The van der Waals surface area contributed by atoms with Crippen LogP contribution in [0, 0.1) is 12.3 Å². The van der Waals surface area contributed by atoms with Gasteiger partial charge in [-0.15, -0.1) is 12.3 Å². The van der Waals surface area contributed by atoms with Crippen LogP contribution in [0.15, 0.2) is 17.2 Å². The van der Waals surface area contributed by atoms with Crippen LogP contribution < -0.4 is 10.9 Å². The summed E-state index contributed by atoms with van der Waals surface area (Å²) in [5, 5.41) is 3.04. The van der Waals surface area contributed by atoms with E-state index in [0.29, 0.717) is 5.82 Å². The van der Waals surface area contributed by atoms with E-state index in [0.717, 1.165) is 25.8 Å². The molecular weight excluding hydrogens is 178 g/mol. The molecule has 2 N–H and O–H groups in total. The Labute approximate surface area is 82.8 Å². The van der Waals surface area contributed by atoms with Gasteiger partial charge in [0, 0.05) is 19.0 Å². The molecule has 4 nitrogen and oxygen atoms in total. The van der Waals surface area contributed by atoms with E-state index in [1.807, 2.05) is 0 Å². The summed E-state index contributed by atoms with van der Waals surface area (Å²) in [4.78, 5) is 17.3. The molecule has 0 atom stereocenters. The SMILES string of the molecule is C#CCCCCNc1cc(=O)[nH]cn1. The van der Waals surface area contributed by atoms with Gasteiger partial charge in [-0.05, 0) is 12.8 Å². The smallest absolute Gasteiger partial charge is 0.252 e. The number of terminal acetylenes is 1. The molecule has 0 saturated carbocycles. The second kappa shape index (κ2) is 5.81. The maximum atomic E-state index is 10.9. The van der Waals surface area contributed by atoms with Gasteiger partial charge in [-0.3, -0.25) is 4.79 Å². The van der Waals surface area contributed by atoms with E-state index in [1.54, 1.807) is 0 Å². The Morgan fingerprint density at radius 2 is 2.43 bits per heavy atom. The Morgan fingerprint density at radius 3 is 3.14 bits per heavy atom. The van der Waals surface area contributed by atoms with Crippen LogP contribution in [0.2, 0.25) is 0 Å². The first-order valence-electron chi connectivity index (χ1n) is 4.55. The number of aromatic amines is 1. The number of anilines is 1. The van der Waals surface area contributed by atoms with Crippen molar-refractivity contribution < 1.29 is 0 Å². The molecule has 1 aromatic rings. The summed E-state index contributed by atoms with van der Waals surface area (Å²) in [5.74, 6) is 3.18. The largest absolute Gasteiger partial charge is 0.370 e. The molecule has 14 heavy (non-hydrogen) atoms. The summed E-state index contributed by atoms with van der Waals surface area (Å²) in [5.41, 5.74) is -0.147. The van der Waals surface area contributed by atoms with Crippen LogP contribution in [0.5, 0.6) is 0 Å². The van der Waals surface area contributed by atoms with E-state index in [9.17, 15) is 4.79 Å². The van der Waals surface area contributed by atoms with Crippen LogP contribution in [0.3, 0.4) is 0 Å². The number of unbranched alkanes of at least 4 members (excludes halogenated alkanes) is 2. The number of aromatic nitrogens is 2. The van der Waals surface area contributed by atoms with E-state index >= 15 is 0 Å². The predicted octanol–water partition coefficient (Wildman–Crippen LogP) is 0.985. The number of nitrogens with one attached hydrogen (secondary N) is 2. The summed E-state index contributed by atoms with van der Waals surface area (Å²) in [6, 6.07) is 1.43. The number of nitrogens with zero attached hydrogens (tertiary/aromatic N) is 1. The van der Waals surface area contributed by atoms with Crippen molar-refractivity contribution in [3.63, 3.8) is 0 Å². The van der Waals surface area contributed by atoms with Gasteiger partial charge in [0.2, 0.25) is 0 Å². The lowest BCUT2D eigenvalue weighted by Gasteiger charge is -2.02. The molecule has 1 heterocycles. The Bertz CT molecular complexity index is 364. The van der Waals surface area contributed by atoms with E-state index in [-0.39, 0.29) is 5.56 Å². The molecule has 4 heteroatoms. The molecule has 0 spiro atoms. The average molecular weight is 191 g/mol. The Morgan fingerprint density at radius 1 is 1.57 bits per heavy atom. The third kappa shape index (κ3) is 3.76. The van der Waals surface area contributed by atoms with Crippen molar-refractivity contribution in [2.24, 2.45) is 0 Å². The van der Waals surface area contributed by atoms with Gasteiger partial charge in [-0.2, -0.15) is 0 Å². The molecule has 0 amide bonds. The molecule has 74 valence electrons. The van der Waals surface area contributed by atoms with E-state index in [4.69, 9.17) is 6.42 Å². The van der Waals surface area contributed by atoms with Crippen molar-refractivity contribution >= 4 is 5.82 Å². The first-order chi connectivity index (χ1) is 6.83. The Hall–Kier alpha value is -1.76. The van der Waals surface area contributed by atoms with Gasteiger partial charge in [0.05, 0.1) is 6.33 Å². The first kappa shape index (κ1) is 10.3. The molecule has 0 aliphatic rings. The molecule has 1 aromatic heterocycles. The van der Waals surface area contributed by atoms with Gasteiger partial charge in [0.25, 0.3) is 5.56 Å². The highest BCUT2D eigenvalue weighted by atomic mass is 16.1. The lowest BCUT2D eigenvalue weighted by atomic mass is 10.2. The van der Waals surface area contributed by atoms with E-state index in [2.05, 4.69) is 21.2 Å². The maximum absolute atomic E-state index is 10.9. The quantitative estimate of drug-likeness (QED) is 0.539. The summed E-state index contributed by atoms with van der Waals surface area (Å²) in [7, 11) is 0. The van der Waals surface area contributed by atoms with E-state index in [1.165, 1.54) is 12.4 Å².